The average Bonchev–Trinajstić information content (AvgIpc) is 3.10. The van der Waals surface area contributed by atoms with Gasteiger partial charge in [0.1, 0.15) is 18.9 Å². The fraction of sp³-hybridized carbons (Fsp3) is 0.667. The first-order valence-corrected chi connectivity index (χ1v) is 9.79. The van der Waals surface area contributed by atoms with Crippen LogP contribution in [0.5, 0.6) is 0 Å². The summed E-state index contributed by atoms with van der Waals surface area (Å²) < 4.78 is 12.1. The maximum atomic E-state index is 12.1. The van der Waals surface area contributed by atoms with Crippen LogP contribution >= 0.6 is 0 Å². The Kier molecular flexibility index (Phi) is 8.63. The highest BCUT2D eigenvalue weighted by molar-refractivity contribution is 5.81. The third-order valence-corrected chi connectivity index (χ3v) is 4.68. The molecular weight excluding hydrogens is 396 g/mol. The Labute approximate surface area is 172 Å². The van der Waals surface area contributed by atoms with Gasteiger partial charge in [-0.25, -0.2) is 4.79 Å². The zero-order chi connectivity index (χ0) is 22.1. The Morgan fingerprint density at radius 1 is 1.43 bits per heavy atom. The van der Waals surface area contributed by atoms with E-state index in [1.54, 1.807) is 6.92 Å². The van der Waals surface area contributed by atoms with Crippen molar-refractivity contribution in [1.82, 2.24) is 14.9 Å². The molecule has 1 aliphatic rings. The molecule has 1 aromatic rings. The molecule has 3 atom stereocenters. The summed E-state index contributed by atoms with van der Waals surface area (Å²) in [7, 11) is 0. The molecule has 0 spiro atoms. The van der Waals surface area contributed by atoms with Crippen LogP contribution in [0.2, 0.25) is 0 Å². The van der Waals surface area contributed by atoms with Crippen LogP contribution in [0.3, 0.4) is 0 Å². The zero-order valence-electron chi connectivity index (χ0n) is 17.0. The molecule has 12 heteroatoms. The molecular formula is C18H26N6O6. The number of unbranched alkanes of at least 4 members (excludes halogenated alkanes) is 1. The van der Waals surface area contributed by atoms with Gasteiger partial charge in [-0.1, -0.05) is 18.5 Å². The van der Waals surface area contributed by atoms with Gasteiger partial charge in [-0.3, -0.25) is 23.9 Å². The number of rotatable bonds is 10. The number of carbonyl (C=O) groups is 2. The van der Waals surface area contributed by atoms with Gasteiger partial charge in [-0.2, -0.15) is 0 Å². The average molecular weight is 422 g/mol. The predicted octanol–water partition coefficient (Wildman–Crippen LogP) is 1.05. The Hall–Kier alpha value is -3.11. The lowest BCUT2D eigenvalue weighted by molar-refractivity contribution is -0.149. The van der Waals surface area contributed by atoms with Crippen LogP contribution in [0.1, 0.15) is 50.8 Å². The SMILES string of the molecule is CCCCNC(=O)CCC(=O)OC[C@H]1O[C@@H](n2cc(C)c(=O)[nH]c2=O)C[C@H]1N=[N+]=[N-]. The number of azide groups is 1. The molecule has 12 nitrogen and oxygen atoms in total. The molecule has 2 rings (SSSR count). The molecule has 30 heavy (non-hydrogen) atoms. The van der Waals surface area contributed by atoms with Crippen molar-refractivity contribution in [3.63, 3.8) is 0 Å². The van der Waals surface area contributed by atoms with Crippen molar-refractivity contribution in [3.8, 4) is 0 Å². The first kappa shape index (κ1) is 23.2. The number of aromatic nitrogens is 2. The molecule has 164 valence electrons. The Morgan fingerprint density at radius 2 is 2.20 bits per heavy atom. The van der Waals surface area contributed by atoms with Crippen LogP contribution in [0.15, 0.2) is 20.9 Å². The lowest BCUT2D eigenvalue weighted by atomic mass is 10.1. The van der Waals surface area contributed by atoms with Crippen molar-refractivity contribution in [2.75, 3.05) is 13.2 Å². The van der Waals surface area contributed by atoms with Gasteiger partial charge in [0.2, 0.25) is 5.91 Å². The van der Waals surface area contributed by atoms with Gasteiger partial charge in [-0.15, -0.1) is 0 Å². The Balaban J connectivity index is 1.92. The van der Waals surface area contributed by atoms with E-state index < -0.39 is 35.6 Å². The molecule has 0 unspecified atom stereocenters. The van der Waals surface area contributed by atoms with Gasteiger partial charge in [0.15, 0.2) is 0 Å². The van der Waals surface area contributed by atoms with Gasteiger partial charge in [0.05, 0.1) is 12.5 Å². The van der Waals surface area contributed by atoms with E-state index in [0.717, 1.165) is 12.8 Å². The number of nitrogens with zero attached hydrogens (tertiary/aromatic N) is 4. The smallest absolute Gasteiger partial charge is 0.330 e. The van der Waals surface area contributed by atoms with Crippen LogP contribution < -0.4 is 16.6 Å². The van der Waals surface area contributed by atoms with Gasteiger partial charge < -0.3 is 14.8 Å². The standard InChI is InChI=1S/C18H26N6O6/c1-3-4-7-20-14(25)5-6-16(26)29-10-13-12(22-23-19)8-15(30-13)24-9-11(2)17(27)21-18(24)28/h9,12-13,15H,3-8,10H2,1-2H3,(H,20,25)(H,21,27,28)/t12-,13-,15-/m1/s1. The number of esters is 1. The lowest BCUT2D eigenvalue weighted by Crippen LogP contribution is -2.33. The van der Waals surface area contributed by atoms with E-state index in [1.807, 2.05) is 6.92 Å². The second-order valence-corrected chi connectivity index (χ2v) is 7.00. The van der Waals surface area contributed by atoms with E-state index in [9.17, 15) is 19.2 Å². The third kappa shape index (κ3) is 6.46. The van der Waals surface area contributed by atoms with Gasteiger partial charge in [-0.05, 0) is 18.9 Å². The number of aromatic amines is 1. The highest BCUT2D eigenvalue weighted by atomic mass is 16.6. The van der Waals surface area contributed by atoms with Crippen LogP contribution in [-0.4, -0.2) is 46.7 Å². The molecule has 2 N–H and O–H groups in total. The summed E-state index contributed by atoms with van der Waals surface area (Å²) in [4.78, 5) is 52.1. The normalized spacial score (nSPS) is 20.4. The van der Waals surface area contributed by atoms with E-state index in [4.69, 9.17) is 15.0 Å². The molecule has 1 saturated heterocycles. The molecule has 1 amide bonds. The van der Waals surface area contributed by atoms with Gasteiger partial charge in [0.25, 0.3) is 5.56 Å². The monoisotopic (exact) mass is 422 g/mol. The van der Waals surface area contributed by atoms with Crippen molar-refractivity contribution >= 4 is 11.9 Å². The fourth-order valence-corrected chi connectivity index (χ4v) is 2.98. The van der Waals surface area contributed by atoms with E-state index in [-0.39, 0.29) is 31.8 Å². The van der Waals surface area contributed by atoms with Crippen LogP contribution in [0.25, 0.3) is 10.4 Å². The summed E-state index contributed by atoms with van der Waals surface area (Å²) in [6, 6.07) is -0.663. The van der Waals surface area contributed by atoms with E-state index >= 15 is 0 Å². The van der Waals surface area contributed by atoms with Crippen LogP contribution in [0, 0.1) is 6.92 Å². The van der Waals surface area contributed by atoms with Crippen LogP contribution in [0.4, 0.5) is 0 Å². The molecule has 1 aromatic heterocycles. The second-order valence-electron chi connectivity index (χ2n) is 7.00. The Bertz CT molecular complexity index is 918. The third-order valence-electron chi connectivity index (χ3n) is 4.68. The quantitative estimate of drug-likeness (QED) is 0.188. The van der Waals surface area contributed by atoms with E-state index in [1.165, 1.54) is 10.8 Å². The maximum Gasteiger partial charge on any atom is 0.330 e. The summed E-state index contributed by atoms with van der Waals surface area (Å²) in [5, 5.41) is 6.37. The van der Waals surface area contributed by atoms with Crippen molar-refractivity contribution in [2.45, 2.75) is 64.3 Å². The predicted molar refractivity (Wildman–Crippen MR) is 106 cm³/mol. The van der Waals surface area contributed by atoms with Crippen molar-refractivity contribution < 1.29 is 19.1 Å². The molecule has 0 aromatic carbocycles. The number of carbonyl (C=O) groups excluding carboxylic acids is 2. The largest absolute Gasteiger partial charge is 0.463 e. The number of ether oxygens (including phenoxy) is 2. The number of amides is 1. The fourth-order valence-electron chi connectivity index (χ4n) is 2.98. The summed E-state index contributed by atoms with van der Waals surface area (Å²) in [6.45, 7) is 3.94. The van der Waals surface area contributed by atoms with Crippen molar-refractivity contribution in [2.24, 2.45) is 5.11 Å². The van der Waals surface area contributed by atoms with Crippen LogP contribution in [-0.2, 0) is 19.1 Å². The summed E-state index contributed by atoms with van der Waals surface area (Å²) >= 11 is 0. The topological polar surface area (TPSA) is 168 Å². The molecule has 0 bridgehead atoms. The summed E-state index contributed by atoms with van der Waals surface area (Å²) in [6.07, 6.45) is 1.77. The Morgan fingerprint density at radius 3 is 2.90 bits per heavy atom. The zero-order valence-corrected chi connectivity index (χ0v) is 17.0. The molecule has 2 heterocycles. The molecule has 0 radical (unpaired) electrons. The lowest BCUT2D eigenvalue weighted by Gasteiger charge is -2.16. The molecule has 1 fully saturated rings. The number of nitrogens with one attached hydrogen (secondary N) is 2. The van der Waals surface area contributed by atoms with E-state index in [0.29, 0.717) is 12.1 Å². The number of H-pyrrole nitrogens is 1. The first-order chi connectivity index (χ1) is 14.3. The van der Waals surface area contributed by atoms with Gasteiger partial charge in [0, 0.05) is 36.1 Å². The van der Waals surface area contributed by atoms with Gasteiger partial charge >= 0.3 is 11.7 Å². The molecule has 0 saturated carbocycles. The number of hydrogen-bond donors (Lipinski definition) is 2. The maximum absolute atomic E-state index is 12.1. The number of aryl methyl sites for hydroxylation is 1. The highest BCUT2D eigenvalue weighted by Crippen LogP contribution is 2.30. The second kappa shape index (κ2) is 11.2. The minimum Gasteiger partial charge on any atom is -0.463 e. The molecule has 1 aliphatic heterocycles. The number of hydrogen-bond acceptors (Lipinski definition) is 7. The summed E-state index contributed by atoms with van der Waals surface area (Å²) in [5.41, 5.74) is 7.96. The highest BCUT2D eigenvalue weighted by Gasteiger charge is 2.37. The minimum absolute atomic E-state index is 0.0164. The molecule has 0 aliphatic carbocycles. The van der Waals surface area contributed by atoms with Crippen molar-refractivity contribution in [3.05, 3.63) is 43.0 Å². The van der Waals surface area contributed by atoms with E-state index in [2.05, 4.69) is 20.3 Å². The van der Waals surface area contributed by atoms with Crippen molar-refractivity contribution in [1.29, 1.82) is 0 Å². The summed E-state index contributed by atoms with van der Waals surface area (Å²) in [5.74, 6) is -0.804. The first-order valence-electron chi connectivity index (χ1n) is 9.79. The minimum atomic E-state index is -0.781.